The smallest absolute Gasteiger partial charge is 0.302 e. The molecule has 0 radical (unpaired) electrons. The molecule has 0 aliphatic rings. The van der Waals surface area contributed by atoms with Crippen LogP contribution in [0, 0.1) is 0 Å². The van der Waals surface area contributed by atoms with Crippen LogP contribution in [0.2, 0.25) is 0 Å². The monoisotopic (exact) mass is 237 g/mol. The Balaban J connectivity index is 3.86. The fourth-order valence-electron chi connectivity index (χ4n) is 0.532. The van der Waals surface area contributed by atoms with Gasteiger partial charge >= 0.3 is 7.82 Å². The van der Waals surface area contributed by atoms with Crippen molar-refractivity contribution in [2.45, 2.75) is 0 Å². The van der Waals surface area contributed by atoms with E-state index >= 15 is 0 Å². The highest BCUT2D eigenvalue weighted by Gasteiger charge is 2.19. The molecule has 0 rings (SSSR count). The van der Waals surface area contributed by atoms with E-state index in [2.05, 4.69) is 4.62 Å². The summed E-state index contributed by atoms with van der Waals surface area (Å²) in [6, 6.07) is 0. The second-order valence-electron chi connectivity index (χ2n) is 1.88. The van der Waals surface area contributed by atoms with Gasteiger partial charge in [-0.15, -0.1) is 23.2 Å². The lowest BCUT2D eigenvalue weighted by atomic mass is 10.6. The van der Waals surface area contributed by atoms with Crippen molar-refractivity contribution in [3.63, 3.8) is 0 Å². The third kappa shape index (κ3) is 7.31. The molecule has 8 heteroatoms. The number of hydrogen-bond donors (Lipinski definition) is 2. The molecule has 0 spiro atoms. The van der Waals surface area contributed by atoms with Gasteiger partial charge in [0.05, 0.1) is 0 Å². The number of halogens is 2. The van der Waals surface area contributed by atoms with Crippen LogP contribution in [-0.4, -0.2) is 39.7 Å². The van der Waals surface area contributed by atoms with Crippen LogP contribution in [0.1, 0.15) is 0 Å². The summed E-state index contributed by atoms with van der Waals surface area (Å²) >= 11 is 10.7. The Hall–Kier alpha value is 0.650. The first-order valence-electron chi connectivity index (χ1n) is 3.11. The van der Waals surface area contributed by atoms with Gasteiger partial charge in [-0.2, -0.15) is 9.69 Å². The lowest BCUT2D eigenvalue weighted by Gasteiger charge is -2.18. The fourth-order valence-corrected chi connectivity index (χ4v) is 1.37. The first-order chi connectivity index (χ1) is 5.49. The minimum atomic E-state index is -4.47. The van der Waals surface area contributed by atoms with Gasteiger partial charge in [-0.25, -0.2) is 4.57 Å². The lowest BCUT2D eigenvalue weighted by molar-refractivity contribution is -0.0710. The molecule has 0 aromatic carbocycles. The molecule has 74 valence electrons. The Bertz CT molecular complexity index is 157. The lowest BCUT2D eigenvalue weighted by Crippen LogP contribution is -2.27. The van der Waals surface area contributed by atoms with E-state index in [9.17, 15) is 4.57 Å². The largest absolute Gasteiger partial charge is 0.486 e. The Morgan fingerprint density at radius 3 is 1.92 bits per heavy atom. The Labute approximate surface area is 80.4 Å². The zero-order valence-corrected chi connectivity index (χ0v) is 8.60. The first kappa shape index (κ1) is 12.7. The van der Waals surface area contributed by atoms with Crippen molar-refractivity contribution in [1.29, 1.82) is 0 Å². The quantitative estimate of drug-likeness (QED) is 0.406. The van der Waals surface area contributed by atoms with Crippen LogP contribution in [0.5, 0.6) is 0 Å². The van der Waals surface area contributed by atoms with Gasteiger partial charge in [-0.3, -0.25) is 0 Å². The predicted octanol–water partition coefficient (Wildman–Crippen LogP) is 0.790. The second kappa shape index (κ2) is 6.16. The van der Waals surface area contributed by atoms with E-state index < -0.39 is 7.82 Å². The normalized spacial score (nSPS) is 12.4. The second-order valence-corrected chi connectivity index (χ2v) is 3.78. The van der Waals surface area contributed by atoms with Crippen molar-refractivity contribution in [2.24, 2.45) is 0 Å². The summed E-state index contributed by atoms with van der Waals surface area (Å²) in [6.45, 7) is 0.443. The molecule has 12 heavy (non-hydrogen) atoms. The molecule has 0 heterocycles. The van der Waals surface area contributed by atoms with E-state index in [1.807, 2.05) is 0 Å². The van der Waals surface area contributed by atoms with Crippen molar-refractivity contribution in [2.75, 3.05) is 24.8 Å². The molecular weight excluding hydrogens is 228 g/mol. The molecule has 0 saturated heterocycles. The zero-order chi connectivity index (χ0) is 9.61. The molecule has 0 aliphatic heterocycles. The Kier molecular flexibility index (Phi) is 6.49. The average molecular weight is 238 g/mol. The minimum absolute atomic E-state index is 0.219. The van der Waals surface area contributed by atoms with E-state index in [0.717, 1.165) is 5.06 Å². The highest BCUT2D eigenvalue weighted by Crippen LogP contribution is 2.36. The molecule has 2 N–H and O–H groups in total. The number of hydrogen-bond acceptors (Lipinski definition) is 3. The number of alkyl halides is 2. The Morgan fingerprint density at radius 2 is 1.67 bits per heavy atom. The maximum Gasteiger partial charge on any atom is 0.486 e. The number of nitrogens with zero attached hydrogens (tertiary/aromatic N) is 1. The summed E-state index contributed by atoms with van der Waals surface area (Å²) in [6.07, 6.45) is 0. The molecule has 0 bridgehead atoms. The highest BCUT2D eigenvalue weighted by molar-refractivity contribution is 7.46. The topological polar surface area (TPSA) is 70.0 Å². The molecule has 0 aromatic heterocycles. The third-order valence-corrected chi connectivity index (χ3v) is 1.67. The molecule has 0 aliphatic carbocycles. The standard InChI is InChI=1S/C4H10Cl2NO4P/c5-1-3-7(4-2-6)11-12(8,9)10/h1-4H2,(H2,8,9,10). The third-order valence-electron chi connectivity index (χ3n) is 0.890. The van der Waals surface area contributed by atoms with Gasteiger partial charge in [-0.05, 0) is 0 Å². The first-order valence-corrected chi connectivity index (χ1v) is 5.71. The molecule has 5 nitrogen and oxygen atoms in total. The van der Waals surface area contributed by atoms with E-state index in [1.165, 1.54) is 0 Å². The number of rotatable bonds is 6. The summed E-state index contributed by atoms with van der Waals surface area (Å²) in [5, 5.41) is 1.04. The van der Waals surface area contributed by atoms with Crippen molar-refractivity contribution >= 4 is 31.0 Å². The van der Waals surface area contributed by atoms with Gasteiger partial charge in [0.25, 0.3) is 0 Å². The van der Waals surface area contributed by atoms with Crippen LogP contribution < -0.4 is 0 Å². The van der Waals surface area contributed by atoms with Crippen molar-refractivity contribution < 1.29 is 19.0 Å². The molecular formula is C4H10Cl2NO4P. The number of hydroxylamine groups is 2. The summed E-state index contributed by atoms with van der Waals surface area (Å²) in [5.74, 6) is 0.438. The van der Waals surface area contributed by atoms with E-state index in [-0.39, 0.29) is 24.8 Å². The molecule has 0 atom stereocenters. The predicted molar refractivity (Wildman–Crippen MR) is 46.1 cm³/mol. The van der Waals surface area contributed by atoms with Crippen LogP contribution in [0.4, 0.5) is 0 Å². The van der Waals surface area contributed by atoms with Gasteiger partial charge < -0.3 is 9.79 Å². The molecule has 0 fully saturated rings. The van der Waals surface area contributed by atoms with Crippen LogP contribution in [0.25, 0.3) is 0 Å². The molecule has 0 aromatic rings. The maximum absolute atomic E-state index is 10.3. The number of phosphoric acid groups is 1. The van der Waals surface area contributed by atoms with Gasteiger partial charge in [0.2, 0.25) is 0 Å². The van der Waals surface area contributed by atoms with E-state index in [0.29, 0.717) is 0 Å². The van der Waals surface area contributed by atoms with Crippen LogP contribution in [0.3, 0.4) is 0 Å². The fraction of sp³-hybridized carbons (Fsp3) is 1.00. The summed E-state index contributed by atoms with van der Waals surface area (Å²) in [4.78, 5) is 16.8. The van der Waals surface area contributed by atoms with Crippen LogP contribution in [-0.2, 0) is 9.19 Å². The van der Waals surface area contributed by atoms with Gasteiger partial charge in [0, 0.05) is 24.8 Å². The van der Waals surface area contributed by atoms with E-state index in [4.69, 9.17) is 33.0 Å². The van der Waals surface area contributed by atoms with Gasteiger partial charge in [0.15, 0.2) is 0 Å². The average Bonchev–Trinajstić information content (AvgIpc) is 1.84. The summed E-state index contributed by atoms with van der Waals surface area (Å²) < 4.78 is 14.6. The Morgan fingerprint density at radius 1 is 1.25 bits per heavy atom. The zero-order valence-electron chi connectivity index (χ0n) is 6.19. The van der Waals surface area contributed by atoms with Crippen LogP contribution in [0.15, 0.2) is 0 Å². The van der Waals surface area contributed by atoms with Crippen LogP contribution >= 0.6 is 31.0 Å². The van der Waals surface area contributed by atoms with Crippen molar-refractivity contribution in [1.82, 2.24) is 5.06 Å². The molecule has 0 saturated carbocycles. The van der Waals surface area contributed by atoms with Gasteiger partial charge in [0.1, 0.15) is 0 Å². The minimum Gasteiger partial charge on any atom is -0.302 e. The summed E-state index contributed by atoms with van der Waals surface area (Å²) in [7, 11) is -4.47. The maximum atomic E-state index is 10.3. The van der Waals surface area contributed by atoms with Gasteiger partial charge in [-0.1, -0.05) is 0 Å². The van der Waals surface area contributed by atoms with Crippen molar-refractivity contribution in [3.8, 4) is 0 Å². The molecule has 0 amide bonds. The van der Waals surface area contributed by atoms with Crippen molar-refractivity contribution in [3.05, 3.63) is 0 Å². The van der Waals surface area contributed by atoms with E-state index in [1.54, 1.807) is 0 Å². The highest BCUT2D eigenvalue weighted by atomic mass is 35.5. The SMILES string of the molecule is O=P(O)(O)ON(CCCl)CCCl. The summed E-state index contributed by atoms with van der Waals surface area (Å²) in [5.41, 5.74) is 0. The molecule has 0 unspecified atom stereocenters.